The second-order valence-electron chi connectivity index (χ2n) is 11.7. The molecule has 0 heterocycles. The average Bonchev–Trinajstić information content (AvgIpc) is 3.17. The first-order valence-corrected chi connectivity index (χ1v) is 13.7. The lowest BCUT2D eigenvalue weighted by molar-refractivity contribution is -0.154. The number of esters is 1. The van der Waals surface area contributed by atoms with Crippen molar-refractivity contribution in [3.8, 4) is 0 Å². The fourth-order valence-electron chi connectivity index (χ4n) is 6.95. The number of hydrogen-bond donors (Lipinski definition) is 3. The molecule has 6 atom stereocenters. The molecule has 3 saturated carbocycles. The average molecular weight is 477 g/mol. The highest BCUT2D eigenvalue weighted by Crippen LogP contribution is 2.58. The van der Waals surface area contributed by atoms with E-state index in [1.165, 1.54) is 5.57 Å². The van der Waals surface area contributed by atoms with Crippen LogP contribution in [0.5, 0.6) is 0 Å². The molecular formula is C29H48O5. The SMILES string of the molecule is CCC(O)(CC)CCC(=O)O[C@@H](C)[C@H]1CC[C@H]2C(=CC=C3C[C@@H](O)C(C)[C@H](O)C3)CCC[C@]12C. The van der Waals surface area contributed by atoms with Crippen molar-refractivity contribution in [3.05, 3.63) is 23.3 Å². The summed E-state index contributed by atoms with van der Waals surface area (Å²) in [6.45, 7) is 10.3. The van der Waals surface area contributed by atoms with E-state index >= 15 is 0 Å². The molecule has 0 aromatic rings. The van der Waals surface area contributed by atoms with Gasteiger partial charge in [0.25, 0.3) is 0 Å². The zero-order valence-corrected chi connectivity index (χ0v) is 22.1. The third-order valence-electron chi connectivity index (χ3n) is 9.72. The standard InChI is InChI=1S/C29H48O5/c1-6-29(33,7-2)16-14-27(32)34-20(4)23-12-13-24-22(9-8-15-28(23,24)5)11-10-21-17-25(30)19(3)26(31)18-21/h10-11,19-20,23-26,30-31,33H,6-9,12-18H2,1-5H3/t19?,20-,23+,24-,25+,26+,28+/m0/s1. The molecule has 5 nitrogen and oxygen atoms in total. The Bertz CT molecular complexity index is 752. The quantitative estimate of drug-likeness (QED) is 0.404. The maximum absolute atomic E-state index is 12.6. The molecule has 0 radical (unpaired) electrons. The zero-order valence-electron chi connectivity index (χ0n) is 22.1. The molecular weight excluding hydrogens is 428 g/mol. The number of aliphatic hydroxyl groups is 3. The van der Waals surface area contributed by atoms with Crippen LogP contribution in [-0.4, -0.2) is 45.2 Å². The van der Waals surface area contributed by atoms with Crippen LogP contribution in [0.2, 0.25) is 0 Å². The molecule has 194 valence electrons. The predicted octanol–water partition coefficient (Wildman–Crippen LogP) is 5.47. The molecule has 0 aromatic carbocycles. The van der Waals surface area contributed by atoms with Gasteiger partial charge in [0.15, 0.2) is 0 Å². The van der Waals surface area contributed by atoms with Crippen LogP contribution >= 0.6 is 0 Å². The molecule has 0 amide bonds. The minimum Gasteiger partial charge on any atom is -0.462 e. The van der Waals surface area contributed by atoms with Crippen molar-refractivity contribution < 1.29 is 24.9 Å². The third-order valence-corrected chi connectivity index (χ3v) is 9.72. The normalized spacial score (nSPS) is 36.3. The minimum atomic E-state index is -0.771. The Hall–Kier alpha value is -1.17. The first-order valence-electron chi connectivity index (χ1n) is 13.7. The summed E-state index contributed by atoms with van der Waals surface area (Å²) < 4.78 is 5.92. The lowest BCUT2D eigenvalue weighted by atomic mass is 9.62. The summed E-state index contributed by atoms with van der Waals surface area (Å²) in [5, 5.41) is 31.0. The number of carbonyl (C=O) groups excluding carboxylic acids is 1. The summed E-state index contributed by atoms with van der Waals surface area (Å²) in [4.78, 5) is 12.6. The summed E-state index contributed by atoms with van der Waals surface area (Å²) in [5.41, 5.74) is 1.96. The molecule has 5 heteroatoms. The Morgan fingerprint density at radius 2 is 1.82 bits per heavy atom. The largest absolute Gasteiger partial charge is 0.462 e. The van der Waals surface area contributed by atoms with Gasteiger partial charge in [0, 0.05) is 18.3 Å². The van der Waals surface area contributed by atoms with Gasteiger partial charge in [-0.15, -0.1) is 0 Å². The van der Waals surface area contributed by atoms with Crippen molar-refractivity contribution in [3.63, 3.8) is 0 Å². The monoisotopic (exact) mass is 476 g/mol. The van der Waals surface area contributed by atoms with E-state index in [9.17, 15) is 20.1 Å². The van der Waals surface area contributed by atoms with Crippen molar-refractivity contribution in [1.82, 2.24) is 0 Å². The van der Waals surface area contributed by atoms with E-state index in [0.29, 0.717) is 43.9 Å². The van der Waals surface area contributed by atoms with Gasteiger partial charge in [0.05, 0.1) is 17.8 Å². The van der Waals surface area contributed by atoms with Crippen LogP contribution in [0.1, 0.15) is 105 Å². The minimum absolute atomic E-state index is 0.0692. The molecule has 3 aliphatic carbocycles. The molecule has 3 N–H and O–H groups in total. The van der Waals surface area contributed by atoms with Crippen LogP contribution in [0.15, 0.2) is 23.3 Å². The number of ether oxygens (including phenoxy) is 1. The Labute approximate surface area is 206 Å². The van der Waals surface area contributed by atoms with Crippen molar-refractivity contribution in [2.24, 2.45) is 23.2 Å². The van der Waals surface area contributed by atoms with E-state index in [0.717, 1.165) is 37.7 Å². The van der Waals surface area contributed by atoms with E-state index in [-0.39, 0.29) is 29.8 Å². The van der Waals surface area contributed by atoms with Crippen molar-refractivity contribution in [2.45, 2.75) is 129 Å². The second kappa shape index (κ2) is 11.3. The Morgan fingerprint density at radius 1 is 1.18 bits per heavy atom. The molecule has 3 fully saturated rings. The fourth-order valence-corrected chi connectivity index (χ4v) is 6.95. The molecule has 34 heavy (non-hydrogen) atoms. The maximum atomic E-state index is 12.6. The number of aliphatic hydroxyl groups excluding tert-OH is 2. The molecule has 3 aliphatic rings. The van der Waals surface area contributed by atoms with Crippen LogP contribution < -0.4 is 0 Å². The van der Waals surface area contributed by atoms with E-state index in [1.54, 1.807) is 0 Å². The third kappa shape index (κ3) is 5.96. The van der Waals surface area contributed by atoms with Gasteiger partial charge in [-0.05, 0) is 82.5 Å². The summed E-state index contributed by atoms with van der Waals surface area (Å²) >= 11 is 0. The van der Waals surface area contributed by atoms with Crippen LogP contribution in [0.4, 0.5) is 0 Å². The molecule has 0 bridgehead atoms. The summed E-state index contributed by atoms with van der Waals surface area (Å²) in [7, 11) is 0. The van der Waals surface area contributed by atoms with E-state index in [4.69, 9.17) is 4.74 Å². The van der Waals surface area contributed by atoms with Crippen LogP contribution in [0.25, 0.3) is 0 Å². The topological polar surface area (TPSA) is 87.0 Å². The molecule has 0 aliphatic heterocycles. The van der Waals surface area contributed by atoms with Crippen LogP contribution in [0, 0.1) is 23.2 Å². The fraction of sp³-hybridized carbons (Fsp3) is 0.828. The molecule has 0 spiro atoms. The first-order chi connectivity index (χ1) is 16.0. The van der Waals surface area contributed by atoms with Crippen LogP contribution in [0.3, 0.4) is 0 Å². The molecule has 0 aromatic heterocycles. The molecule has 0 saturated heterocycles. The maximum Gasteiger partial charge on any atom is 0.306 e. The van der Waals surface area contributed by atoms with Crippen molar-refractivity contribution >= 4 is 5.97 Å². The van der Waals surface area contributed by atoms with Gasteiger partial charge >= 0.3 is 5.97 Å². The number of fused-ring (bicyclic) bond motifs is 1. The van der Waals surface area contributed by atoms with E-state index < -0.39 is 17.8 Å². The smallest absolute Gasteiger partial charge is 0.306 e. The van der Waals surface area contributed by atoms with Gasteiger partial charge < -0.3 is 20.1 Å². The van der Waals surface area contributed by atoms with Gasteiger partial charge in [0.1, 0.15) is 6.10 Å². The lowest BCUT2D eigenvalue weighted by Crippen LogP contribution is -2.39. The Kier molecular flexibility index (Phi) is 9.08. The second-order valence-corrected chi connectivity index (χ2v) is 11.7. The van der Waals surface area contributed by atoms with E-state index in [1.807, 2.05) is 27.7 Å². The van der Waals surface area contributed by atoms with Crippen LogP contribution in [-0.2, 0) is 9.53 Å². The number of rotatable bonds is 8. The summed E-state index contributed by atoms with van der Waals surface area (Å²) in [6.07, 6.45) is 12.2. The molecule has 0 unspecified atom stereocenters. The lowest BCUT2D eigenvalue weighted by Gasteiger charge is -2.44. The predicted molar refractivity (Wildman–Crippen MR) is 135 cm³/mol. The Balaban J connectivity index is 1.64. The van der Waals surface area contributed by atoms with Gasteiger partial charge in [-0.25, -0.2) is 0 Å². The van der Waals surface area contributed by atoms with Gasteiger partial charge in [0.2, 0.25) is 0 Å². The summed E-state index contributed by atoms with van der Waals surface area (Å²) in [6, 6.07) is 0. The van der Waals surface area contributed by atoms with E-state index in [2.05, 4.69) is 19.1 Å². The first kappa shape index (κ1) is 27.4. The number of carbonyl (C=O) groups is 1. The van der Waals surface area contributed by atoms with Gasteiger partial charge in [-0.2, -0.15) is 0 Å². The van der Waals surface area contributed by atoms with Crippen molar-refractivity contribution in [1.29, 1.82) is 0 Å². The molecule has 3 rings (SSSR count). The van der Waals surface area contributed by atoms with Gasteiger partial charge in [-0.1, -0.05) is 51.0 Å². The van der Waals surface area contributed by atoms with Crippen molar-refractivity contribution in [2.75, 3.05) is 0 Å². The number of allylic oxidation sites excluding steroid dienone is 3. The highest BCUT2D eigenvalue weighted by molar-refractivity contribution is 5.69. The number of hydrogen-bond acceptors (Lipinski definition) is 5. The Morgan fingerprint density at radius 3 is 2.44 bits per heavy atom. The zero-order chi connectivity index (χ0) is 25.1. The van der Waals surface area contributed by atoms with Gasteiger partial charge in [-0.3, -0.25) is 4.79 Å². The summed E-state index contributed by atoms with van der Waals surface area (Å²) in [5.74, 6) is 0.570. The highest BCUT2D eigenvalue weighted by Gasteiger charge is 2.51. The highest BCUT2D eigenvalue weighted by atomic mass is 16.5.